The van der Waals surface area contributed by atoms with E-state index in [1.165, 1.54) is 37.6 Å². The van der Waals surface area contributed by atoms with Crippen molar-refractivity contribution >= 4 is 29.3 Å². The van der Waals surface area contributed by atoms with Crippen LogP contribution in [0.25, 0.3) is 0 Å². The number of thioether (sulfide) groups is 1. The molecule has 6 heteroatoms. The maximum absolute atomic E-state index is 11.9. The number of aryl methyl sites for hydroxylation is 1. The van der Waals surface area contributed by atoms with Gasteiger partial charge in [-0.1, -0.05) is 18.6 Å². The standard InChI is InChI=1S/C21H33N3O2S/c1-17-8-7-10-19(14-17)23-21(26)16-27-15-20(25)22-11-4-6-13-24-12-5-3-9-18(24)2/h7-8,10,14,18H,3-6,9,11-13,15-16H2,1-2H3,(H,22,25)(H,23,26). The molecular formula is C21H33N3O2S. The lowest BCUT2D eigenvalue weighted by Gasteiger charge is -2.33. The number of nitrogens with zero attached hydrogens (tertiary/aromatic N) is 1. The van der Waals surface area contributed by atoms with Gasteiger partial charge in [-0.15, -0.1) is 11.8 Å². The Morgan fingerprint density at radius 2 is 2.00 bits per heavy atom. The monoisotopic (exact) mass is 391 g/mol. The smallest absolute Gasteiger partial charge is 0.234 e. The first-order valence-electron chi connectivity index (χ1n) is 9.99. The number of rotatable bonds is 10. The van der Waals surface area contributed by atoms with Gasteiger partial charge < -0.3 is 15.5 Å². The van der Waals surface area contributed by atoms with Gasteiger partial charge in [-0.3, -0.25) is 9.59 Å². The molecule has 2 rings (SSSR count). The predicted octanol–water partition coefficient (Wildman–Crippen LogP) is 3.44. The number of likely N-dealkylation sites (tertiary alicyclic amines) is 1. The minimum atomic E-state index is -0.0750. The van der Waals surface area contributed by atoms with Gasteiger partial charge in [0.2, 0.25) is 11.8 Å². The average Bonchev–Trinajstić information content (AvgIpc) is 2.63. The topological polar surface area (TPSA) is 61.4 Å². The van der Waals surface area contributed by atoms with Crippen LogP contribution >= 0.6 is 11.8 Å². The third kappa shape index (κ3) is 8.80. The number of hydrogen-bond donors (Lipinski definition) is 2. The lowest BCUT2D eigenvalue weighted by atomic mass is 10.0. The molecule has 2 N–H and O–H groups in total. The van der Waals surface area contributed by atoms with E-state index in [0.29, 0.717) is 11.8 Å². The van der Waals surface area contributed by atoms with Crippen LogP contribution in [0.15, 0.2) is 24.3 Å². The Bertz CT molecular complexity index is 609. The molecule has 0 bridgehead atoms. The number of piperidine rings is 1. The minimum Gasteiger partial charge on any atom is -0.355 e. The van der Waals surface area contributed by atoms with Crippen LogP contribution in [-0.4, -0.2) is 53.9 Å². The van der Waals surface area contributed by atoms with Crippen LogP contribution in [0.5, 0.6) is 0 Å². The van der Waals surface area contributed by atoms with Gasteiger partial charge in [-0.2, -0.15) is 0 Å². The molecule has 2 amide bonds. The molecule has 27 heavy (non-hydrogen) atoms. The van der Waals surface area contributed by atoms with Crippen molar-refractivity contribution in [1.82, 2.24) is 10.2 Å². The number of benzene rings is 1. The van der Waals surface area contributed by atoms with Crippen LogP contribution in [0.2, 0.25) is 0 Å². The zero-order valence-corrected chi connectivity index (χ0v) is 17.4. The first-order valence-corrected chi connectivity index (χ1v) is 11.1. The van der Waals surface area contributed by atoms with Crippen molar-refractivity contribution in [3.8, 4) is 0 Å². The molecule has 0 saturated carbocycles. The molecule has 0 aromatic heterocycles. The summed E-state index contributed by atoms with van der Waals surface area (Å²) >= 11 is 1.35. The van der Waals surface area contributed by atoms with Crippen molar-refractivity contribution in [2.45, 2.75) is 52.0 Å². The summed E-state index contributed by atoms with van der Waals surface area (Å²) in [5, 5.41) is 5.81. The van der Waals surface area contributed by atoms with Crippen molar-refractivity contribution in [2.75, 3.05) is 36.5 Å². The molecule has 150 valence electrons. The van der Waals surface area contributed by atoms with E-state index >= 15 is 0 Å². The lowest BCUT2D eigenvalue weighted by molar-refractivity contribution is -0.118. The Morgan fingerprint density at radius 3 is 2.78 bits per heavy atom. The molecule has 1 fully saturated rings. The number of carbonyl (C=O) groups excluding carboxylic acids is 2. The van der Waals surface area contributed by atoms with E-state index in [1.54, 1.807) is 0 Å². The summed E-state index contributed by atoms with van der Waals surface area (Å²) in [6, 6.07) is 8.40. The molecule has 0 aliphatic carbocycles. The van der Waals surface area contributed by atoms with Gasteiger partial charge in [-0.25, -0.2) is 0 Å². The summed E-state index contributed by atoms with van der Waals surface area (Å²) in [6.45, 7) is 7.37. The summed E-state index contributed by atoms with van der Waals surface area (Å²) in [4.78, 5) is 26.3. The molecule has 1 aromatic carbocycles. The highest BCUT2D eigenvalue weighted by molar-refractivity contribution is 8.00. The summed E-state index contributed by atoms with van der Waals surface area (Å²) in [7, 11) is 0. The van der Waals surface area contributed by atoms with Crippen molar-refractivity contribution in [1.29, 1.82) is 0 Å². The first kappa shape index (κ1) is 21.8. The second-order valence-corrected chi connectivity index (χ2v) is 8.33. The molecule has 1 unspecified atom stereocenters. The molecule has 1 heterocycles. The molecule has 1 aliphatic heterocycles. The molecular weight excluding hydrogens is 358 g/mol. The molecule has 0 radical (unpaired) electrons. The maximum Gasteiger partial charge on any atom is 0.234 e. The fraction of sp³-hybridized carbons (Fsp3) is 0.619. The highest BCUT2D eigenvalue weighted by Gasteiger charge is 2.17. The van der Waals surface area contributed by atoms with E-state index in [2.05, 4.69) is 22.5 Å². The van der Waals surface area contributed by atoms with E-state index in [1.807, 2.05) is 31.2 Å². The SMILES string of the molecule is Cc1cccc(NC(=O)CSCC(=O)NCCCCN2CCCCC2C)c1. The summed E-state index contributed by atoms with van der Waals surface area (Å²) in [6.07, 6.45) is 6.11. The number of unbranched alkanes of at least 4 members (excludes halogenated alkanes) is 1. The van der Waals surface area contributed by atoms with E-state index in [0.717, 1.165) is 37.2 Å². The van der Waals surface area contributed by atoms with Crippen molar-refractivity contribution in [3.05, 3.63) is 29.8 Å². The number of hydrogen-bond acceptors (Lipinski definition) is 4. The van der Waals surface area contributed by atoms with Crippen LogP contribution in [0.3, 0.4) is 0 Å². The Labute approximate surface area is 167 Å². The molecule has 1 aliphatic rings. The predicted molar refractivity (Wildman–Crippen MR) is 114 cm³/mol. The van der Waals surface area contributed by atoms with Gasteiger partial charge in [-0.05, 0) is 70.3 Å². The number of nitrogens with one attached hydrogen (secondary N) is 2. The molecule has 5 nitrogen and oxygen atoms in total. The largest absolute Gasteiger partial charge is 0.355 e. The number of anilines is 1. The van der Waals surface area contributed by atoms with Crippen LogP contribution in [0, 0.1) is 6.92 Å². The zero-order chi connectivity index (χ0) is 19.5. The van der Waals surface area contributed by atoms with Crippen LogP contribution in [-0.2, 0) is 9.59 Å². The van der Waals surface area contributed by atoms with Gasteiger partial charge in [0.15, 0.2) is 0 Å². The Balaban J connectivity index is 1.49. The van der Waals surface area contributed by atoms with Crippen LogP contribution < -0.4 is 10.6 Å². The van der Waals surface area contributed by atoms with Crippen LogP contribution in [0.4, 0.5) is 5.69 Å². The Morgan fingerprint density at radius 1 is 1.19 bits per heavy atom. The van der Waals surface area contributed by atoms with E-state index in [9.17, 15) is 9.59 Å². The quantitative estimate of drug-likeness (QED) is 0.600. The van der Waals surface area contributed by atoms with E-state index in [4.69, 9.17) is 0 Å². The third-order valence-corrected chi connectivity index (χ3v) is 5.84. The lowest BCUT2D eigenvalue weighted by Crippen LogP contribution is -2.38. The number of carbonyl (C=O) groups is 2. The average molecular weight is 392 g/mol. The fourth-order valence-electron chi connectivity index (χ4n) is 3.36. The Kier molecular flexibility index (Phi) is 9.70. The zero-order valence-electron chi connectivity index (χ0n) is 16.6. The minimum absolute atomic E-state index is 0.00898. The maximum atomic E-state index is 11.9. The van der Waals surface area contributed by atoms with Gasteiger partial charge in [0, 0.05) is 18.3 Å². The summed E-state index contributed by atoms with van der Waals surface area (Å²) in [5.74, 6) is 0.544. The second-order valence-electron chi connectivity index (χ2n) is 7.35. The van der Waals surface area contributed by atoms with E-state index in [-0.39, 0.29) is 17.6 Å². The van der Waals surface area contributed by atoms with Gasteiger partial charge in [0.25, 0.3) is 0 Å². The molecule has 1 atom stereocenters. The van der Waals surface area contributed by atoms with Crippen LogP contribution in [0.1, 0.15) is 44.6 Å². The second kappa shape index (κ2) is 12.0. The highest BCUT2D eigenvalue weighted by Crippen LogP contribution is 2.16. The third-order valence-electron chi connectivity index (χ3n) is 4.90. The van der Waals surface area contributed by atoms with E-state index < -0.39 is 0 Å². The summed E-state index contributed by atoms with van der Waals surface area (Å²) < 4.78 is 0. The highest BCUT2D eigenvalue weighted by atomic mass is 32.2. The van der Waals surface area contributed by atoms with Crippen molar-refractivity contribution < 1.29 is 9.59 Å². The number of amides is 2. The van der Waals surface area contributed by atoms with Crippen molar-refractivity contribution in [3.63, 3.8) is 0 Å². The van der Waals surface area contributed by atoms with Gasteiger partial charge >= 0.3 is 0 Å². The molecule has 1 aromatic rings. The normalized spacial score (nSPS) is 17.5. The fourth-order valence-corrected chi connectivity index (χ4v) is 4.01. The molecule has 1 saturated heterocycles. The Hall–Kier alpha value is -1.53. The van der Waals surface area contributed by atoms with Crippen molar-refractivity contribution in [2.24, 2.45) is 0 Å². The first-order chi connectivity index (χ1) is 13.0. The summed E-state index contributed by atoms with van der Waals surface area (Å²) in [5.41, 5.74) is 1.91. The van der Waals surface area contributed by atoms with Gasteiger partial charge in [0.1, 0.15) is 0 Å². The molecule has 0 spiro atoms. The van der Waals surface area contributed by atoms with Gasteiger partial charge in [0.05, 0.1) is 11.5 Å².